The molecule has 0 spiro atoms. The van der Waals surface area contributed by atoms with Gasteiger partial charge >= 0.3 is 0 Å². The number of amides is 1. The summed E-state index contributed by atoms with van der Waals surface area (Å²) in [6.07, 6.45) is 2.00. The number of carbonyl (C=O) groups is 1. The number of pyridine rings is 1. The Morgan fingerprint density at radius 2 is 1.97 bits per heavy atom. The van der Waals surface area contributed by atoms with Gasteiger partial charge in [0.25, 0.3) is 11.5 Å². The summed E-state index contributed by atoms with van der Waals surface area (Å²) in [5, 5.41) is 3.14. The second-order valence-electron chi connectivity index (χ2n) is 9.63. The minimum atomic E-state index is -0.356. The van der Waals surface area contributed by atoms with E-state index in [0.29, 0.717) is 63.2 Å². The summed E-state index contributed by atoms with van der Waals surface area (Å²) in [7, 11) is 1.49. The van der Waals surface area contributed by atoms with E-state index in [1.165, 1.54) is 7.11 Å². The number of aromatic nitrogens is 1. The zero-order valence-electron chi connectivity index (χ0n) is 21.0. The summed E-state index contributed by atoms with van der Waals surface area (Å²) < 4.78 is 17.8. The van der Waals surface area contributed by atoms with Crippen molar-refractivity contribution >= 4 is 17.5 Å². The highest BCUT2D eigenvalue weighted by Gasteiger charge is 2.35. The number of aromatic amines is 1. The molecule has 1 unspecified atom stereocenters. The van der Waals surface area contributed by atoms with Crippen LogP contribution in [0.4, 0.5) is 0 Å². The van der Waals surface area contributed by atoms with Gasteiger partial charge in [-0.1, -0.05) is 11.6 Å². The Labute approximate surface area is 210 Å². The van der Waals surface area contributed by atoms with Gasteiger partial charge < -0.3 is 29.4 Å². The number of piperidine rings is 1. The number of carbonyl (C=O) groups excluding carboxylic acids is 1. The van der Waals surface area contributed by atoms with E-state index >= 15 is 0 Å². The van der Waals surface area contributed by atoms with Crippen LogP contribution in [0.5, 0.6) is 17.2 Å². The van der Waals surface area contributed by atoms with Gasteiger partial charge in [-0.05, 0) is 65.8 Å². The zero-order chi connectivity index (χ0) is 25.3. The summed E-state index contributed by atoms with van der Waals surface area (Å²) in [5.41, 5.74) is 1.78. The Hall–Kier alpha value is -2.71. The monoisotopic (exact) mass is 503 g/mol. The quantitative estimate of drug-likeness (QED) is 0.622. The van der Waals surface area contributed by atoms with Gasteiger partial charge in [-0.3, -0.25) is 9.59 Å². The molecular formula is C26H34ClN3O5. The third-order valence-electron chi connectivity index (χ3n) is 7.05. The molecule has 2 N–H and O–H groups in total. The van der Waals surface area contributed by atoms with Crippen LogP contribution >= 0.6 is 11.6 Å². The van der Waals surface area contributed by atoms with Crippen LogP contribution < -0.4 is 25.1 Å². The third kappa shape index (κ3) is 5.28. The molecule has 0 saturated carbocycles. The van der Waals surface area contributed by atoms with E-state index in [1.54, 1.807) is 19.1 Å². The number of halogens is 1. The van der Waals surface area contributed by atoms with Crippen molar-refractivity contribution in [3.63, 3.8) is 0 Å². The summed E-state index contributed by atoms with van der Waals surface area (Å²) in [4.78, 5) is 30.7. The SMILES string of the molecule is COc1cc(C)[nH]c(=O)c1CNC(=O)c1cc(Cl)c2c(c1C)OC(C1CCN(C(C)C)CC1)CO2. The molecule has 2 aliphatic rings. The molecule has 0 radical (unpaired) electrons. The van der Waals surface area contributed by atoms with E-state index in [9.17, 15) is 9.59 Å². The first kappa shape index (κ1) is 25.4. The minimum Gasteiger partial charge on any atom is -0.496 e. The summed E-state index contributed by atoms with van der Waals surface area (Å²) in [5.74, 6) is 1.46. The van der Waals surface area contributed by atoms with Crippen molar-refractivity contribution in [1.29, 1.82) is 0 Å². The van der Waals surface area contributed by atoms with Crippen molar-refractivity contribution in [3.05, 3.63) is 49.9 Å². The van der Waals surface area contributed by atoms with Crippen molar-refractivity contribution < 1.29 is 19.0 Å². The number of hydrogen-bond acceptors (Lipinski definition) is 6. The lowest BCUT2D eigenvalue weighted by molar-refractivity contribution is 0.0155. The molecule has 1 atom stereocenters. The maximum absolute atomic E-state index is 13.1. The molecule has 9 heteroatoms. The fraction of sp³-hybridized carbons (Fsp3) is 0.538. The molecule has 1 aromatic heterocycles. The van der Waals surface area contributed by atoms with Gasteiger partial charge in [-0.2, -0.15) is 0 Å². The number of nitrogens with zero attached hydrogens (tertiary/aromatic N) is 1. The van der Waals surface area contributed by atoms with Crippen LogP contribution in [0.2, 0.25) is 5.02 Å². The molecule has 0 bridgehead atoms. The predicted molar refractivity (Wildman–Crippen MR) is 135 cm³/mol. The van der Waals surface area contributed by atoms with Crippen LogP contribution in [0, 0.1) is 19.8 Å². The van der Waals surface area contributed by atoms with Crippen molar-refractivity contribution in [2.24, 2.45) is 5.92 Å². The van der Waals surface area contributed by atoms with E-state index in [0.717, 1.165) is 25.9 Å². The van der Waals surface area contributed by atoms with Crippen molar-refractivity contribution in [1.82, 2.24) is 15.2 Å². The Morgan fingerprint density at radius 3 is 2.63 bits per heavy atom. The fourth-order valence-electron chi connectivity index (χ4n) is 4.90. The molecular weight excluding hydrogens is 470 g/mol. The van der Waals surface area contributed by atoms with Gasteiger partial charge in [0.15, 0.2) is 11.5 Å². The highest BCUT2D eigenvalue weighted by atomic mass is 35.5. The van der Waals surface area contributed by atoms with Crippen LogP contribution in [0.1, 0.15) is 53.9 Å². The number of nitrogens with one attached hydrogen (secondary N) is 2. The number of likely N-dealkylation sites (tertiary alicyclic amines) is 1. The van der Waals surface area contributed by atoms with E-state index in [2.05, 4.69) is 29.0 Å². The zero-order valence-corrected chi connectivity index (χ0v) is 21.8. The number of aryl methyl sites for hydroxylation is 1. The predicted octanol–water partition coefficient (Wildman–Crippen LogP) is 3.84. The standard InChI is InChI=1S/C26H34ClN3O5/c1-14(2)30-8-6-17(7-9-30)22-13-34-24-20(27)11-18(16(4)23(24)35-22)25(31)28-12-19-21(33-5)10-15(3)29-26(19)32/h10-11,14,17,22H,6-9,12-13H2,1-5H3,(H,28,31)(H,29,32). The van der Waals surface area contributed by atoms with Gasteiger partial charge in [0.05, 0.1) is 24.2 Å². The first-order valence-electron chi connectivity index (χ1n) is 12.1. The van der Waals surface area contributed by atoms with E-state index in [-0.39, 0.29) is 24.1 Å². The van der Waals surface area contributed by atoms with E-state index < -0.39 is 0 Å². The van der Waals surface area contributed by atoms with Crippen LogP contribution in [0.15, 0.2) is 16.9 Å². The van der Waals surface area contributed by atoms with Crippen LogP contribution in [-0.2, 0) is 6.54 Å². The van der Waals surface area contributed by atoms with Crippen molar-refractivity contribution in [2.75, 3.05) is 26.8 Å². The maximum atomic E-state index is 13.1. The highest BCUT2D eigenvalue weighted by Crippen LogP contribution is 2.44. The smallest absolute Gasteiger partial charge is 0.256 e. The molecule has 1 saturated heterocycles. The molecule has 190 valence electrons. The lowest BCUT2D eigenvalue weighted by Gasteiger charge is -2.39. The molecule has 8 nitrogen and oxygen atoms in total. The van der Waals surface area contributed by atoms with Crippen molar-refractivity contribution in [2.45, 2.75) is 59.2 Å². The fourth-order valence-corrected chi connectivity index (χ4v) is 5.15. The van der Waals surface area contributed by atoms with Crippen molar-refractivity contribution in [3.8, 4) is 17.2 Å². The van der Waals surface area contributed by atoms with Crippen LogP contribution in [-0.4, -0.2) is 54.7 Å². The largest absolute Gasteiger partial charge is 0.496 e. The lowest BCUT2D eigenvalue weighted by atomic mass is 9.90. The normalized spacial score (nSPS) is 18.5. The van der Waals surface area contributed by atoms with Crippen LogP contribution in [0.3, 0.4) is 0 Å². The van der Waals surface area contributed by atoms with E-state index in [4.69, 9.17) is 25.8 Å². The minimum absolute atomic E-state index is 0.0141. The number of ether oxygens (including phenoxy) is 3. The number of methoxy groups -OCH3 is 1. The molecule has 2 aromatic rings. The molecule has 1 aromatic carbocycles. The topological polar surface area (TPSA) is 92.9 Å². The molecule has 4 rings (SSSR count). The van der Waals surface area contributed by atoms with Gasteiger partial charge in [-0.25, -0.2) is 0 Å². The van der Waals surface area contributed by atoms with Gasteiger partial charge in [0.1, 0.15) is 18.5 Å². The van der Waals surface area contributed by atoms with Gasteiger partial charge in [0, 0.05) is 28.8 Å². The number of fused-ring (bicyclic) bond motifs is 1. The van der Waals surface area contributed by atoms with Gasteiger partial charge in [-0.15, -0.1) is 0 Å². The Balaban J connectivity index is 1.51. The summed E-state index contributed by atoms with van der Waals surface area (Å²) in [6.45, 7) is 10.6. The number of benzene rings is 1. The molecule has 2 aliphatic heterocycles. The van der Waals surface area contributed by atoms with Crippen LogP contribution in [0.25, 0.3) is 0 Å². The average Bonchev–Trinajstić information content (AvgIpc) is 2.84. The second kappa shape index (κ2) is 10.5. The number of H-pyrrole nitrogens is 1. The number of rotatable bonds is 6. The third-order valence-corrected chi connectivity index (χ3v) is 7.33. The molecule has 1 fully saturated rings. The average molecular weight is 504 g/mol. The Kier molecular flexibility index (Phi) is 7.62. The summed E-state index contributed by atoms with van der Waals surface area (Å²) in [6, 6.07) is 3.85. The molecule has 0 aliphatic carbocycles. The second-order valence-corrected chi connectivity index (χ2v) is 10.0. The molecule has 3 heterocycles. The Bertz CT molecular complexity index is 1150. The maximum Gasteiger partial charge on any atom is 0.256 e. The number of hydrogen-bond donors (Lipinski definition) is 2. The lowest BCUT2D eigenvalue weighted by Crippen LogP contribution is -2.45. The van der Waals surface area contributed by atoms with Gasteiger partial charge in [0.2, 0.25) is 0 Å². The summed E-state index contributed by atoms with van der Waals surface area (Å²) >= 11 is 6.49. The highest BCUT2D eigenvalue weighted by molar-refractivity contribution is 6.32. The first-order chi connectivity index (χ1) is 16.7. The Morgan fingerprint density at radius 1 is 1.26 bits per heavy atom. The molecule has 1 amide bonds. The van der Waals surface area contributed by atoms with E-state index in [1.807, 2.05) is 6.92 Å². The first-order valence-corrected chi connectivity index (χ1v) is 12.5. The molecule has 35 heavy (non-hydrogen) atoms.